The zero-order chi connectivity index (χ0) is 18.3. The van der Waals surface area contributed by atoms with Gasteiger partial charge in [-0.15, -0.1) is 23.1 Å². The van der Waals surface area contributed by atoms with E-state index in [0.717, 1.165) is 28.4 Å². The molecule has 0 amide bonds. The van der Waals surface area contributed by atoms with Gasteiger partial charge in [0.25, 0.3) is 5.54 Å². The molecule has 0 aliphatic carbocycles. The smallest absolute Gasteiger partial charge is 0.267 e. The maximum absolute atomic E-state index is 7.71. The maximum atomic E-state index is 7.71. The van der Waals surface area contributed by atoms with E-state index in [9.17, 15) is 0 Å². The number of benzene rings is 1. The number of nitrogens with zero attached hydrogens (tertiary/aromatic N) is 1. The number of methoxy groups -OCH3 is 3. The van der Waals surface area contributed by atoms with Gasteiger partial charge >= 0.3 is 0 Å². The first kappa shape index (κ1) is 19.5. The minimum absolute atomic E-state index is 0.429. The predicted molar refractivity (Wildman–Crippen MR) is 104 cm³/mol. The van der Waals surface area contributed by atoms with Crippen molar-refractivity contribution >= 4 is 23.1 Å². The van der Waals surface area contributed by atoms with Crippen LogP contribution >= 0.6 is 23.1 Å². The maximum Gasteiger partial charge on any atom is 0.267 e. The average molecular weight is 378 g/mol. The summed E-state index contributed by atoms with van der Waals surface area (Å²) in [6.07, 6.45) is 1.61. The molecule has 0 fully saturated rings. The van der Waals surface area contributed by atoms with Crippen molar-refractivity contribution in [1.29, 1.82) is 0 Å². The number of hydrogen-bond donors (Lipinski definition) is 0. The monoisotopic (exact) mass is 377 g/mol. The zero-order valence-electron chi connectivity index (χ0n) is 15.0. The van der Waals surface area contributed by atoms with Gasteiger partial charge in [-0.3, -0.25) is 0 Å². The van der Waals surface area contributed by atoms with Gasteiger partial charge in [-0.1, -0.05) is 13.0 Å². The first-order valence-corrected chi connectivity index (χ1v) is 9.86. The number of thiophene rings is 1. The minimum atomic E-state index is -0.429. The van der Waals surface area contributed by atoms with E-state index < -0.39 is 5.54 Å². The molecule has 0 saturated carbocycles. The van der Waals surface area contributed by atoms with Crippen LogP contribution in [0.1, 0.15) is 24.6 Å². The van der Waals surface area contributed by atoms with Crippen LogP contribution in [0, 0.1) is 6.57 Å². The molecular formula is C19H23NO3S2. The summed E-state index contributed by atoms with van der Waals surface area (Å²) < 4.78 is 16.2. The Hall–Kier alpha value is -1.84. The van der Waals surface area contributed by atoms with E-state index in [-0.39, 0.29) is 0 Å². The van der Waals surface area contributed by atoms with Gasteiger partial charge in [-0.05, 0) is 23.6 Å². The molecule has 0 saturated heterocycles. The van der Waals surface area contributed by atoms with Crippen molar-refractivity contribution in [3.63, 3.8) is 0 Å². The quantitative estimate of drug-likeness (QED) is 0.428. The van der Waals surface area contributed by atoms with Gasteiger partial charge in [0, 0.05) is 23.5 Å². The number of rotatable bonds is 9. The van der Waals surface area contributed by atoms with Gasteiger partial charge in [0.1, 0.15) is 0 Å². The lowest BCUT2D eigenvalue weighted by Gasteiger charge is -2.19. The van der Waals surface area contributed by atoms with Crippen molar-refractivity contribution < 1.29 is 14.2 Å². The molecule has 25 heavy (non-hydrogen) atoms. The molecule has 6 heteroatoms. The van der Waals surface area contributed by atoms with E-state index in [4.69, 9.17) is 20.8 Å². The average Bonchev–Trinajstić information content (AvgIpc) is 3.19. The second-order valence-electron chi connectivity index (χ2n) is 5.43. The third kappa shape index (κ3) is 4.23. The van der Waals surface area contributed by atoms with Gasteiger partial charge in [0.15, 0.2) is 11.5 Å². The standard InChI is InChI=1S/C19H23NO3S2/c1-6-19(20-2,17-8-7-10-25-17)9-11-24-14-12-15(21-3)18(23-5)16(13-14)22-4/h7-8,10,12-13H,6,9,11H2,1,3-5H3. The van der Waals surface area contributed by atoms with E-state index in [2.05, 4.69) is 17.8 Å². The first-order chi connectivity index (χ1) is 12.1. The van der Waals surface area contributed by atoms with Crippen LogP contribution < -0.4 is 14.2 Å². The van der Waals surface area contributed by atoms with Gasteiger partial charge in [0.05, 0.1) is 26.2 Å². The molecule has 4 nitrogen and oxygen atoms in total. The molecule has 1 atom stereocenters. The summed E-state index contributed by atoms with van der Waals surface area (Å²) in [5.41, 5.74) is -0.429. The molecule has 1 aromatic carbocycles. The highest BCUT2D eigenvalue weighted by molar-refractivity contribution is 7.99. The first-order valence-electron chi connectivity index (χ1n) is 7.99. The Morgan fingerprint density at radius 3 is 2.28 bits per heavy atom. The van der Waals surface area contributed by atoms with Crippen LogP contribution in [0.2, 0.25) is 0 Å². The van der Waals surface area contributed by atoms with Crippen LogP contribution in [0.15, 0.2) is 34.5 Å². The highest BCUT2D eigenvalue weighted by Crippen LogP contribution is 2.42. The summed E-state index contributed by atoms with van der Waals surface area (Å²) >= 11 is 3.36. The normalized spacial score (nSPS) is 12.9. The lowest BCUT2D eigenvalue weighted by Crippen LogP contribution is -2.20. The molecule has 0 aliphatic rings. The lowest BCUT2D eigenvalue weighted by molar-refractivity contribution is 0.323. The van der Waals surface area contributed by atoms with Crippen LogP contribution in [0.25, 0.3) is 4.85 Å². The molecule has 1 aromatic heterocycles. The largest absolute Gasteiger partial charge is 0.493 e. The van der Waals surface area contributed by atoms with Crippen LogP contribution in [0.5, 0.6) is 17.2 Å². The molecule has 0 N–H and O–H groups in total. The number of thioether (sulfide) groups is 1. The second-order valence-corrected chi connectivity index (χ2v) is 7.55. The van der Waals surface area contributed by atoms with Gasteiger partial charge in [0.2, 0.25) is 5.75 Å². The fraction of sp³-hybridized carbons (Fsp3) is 0.421. The molecular weight excluding hydrogens is 354 g/mol. The second kappa shape index (κ2) is 9.02. The number of hydrogen-bond acceptors (Lipinski definition) is 5. The van der Waals surface area contributed by atoms with E-state index in [1.807, 2.05) is 23.6 Å². The molecule has 0 spiro atoms. The number of ether oxygens (including phenoxy) is 3. The molecule has 0 radical (unpaired) electrons. The summed E-state index contributed by atoms with van der Waals surface area (Å²) in [7, 11) is 4.83. The lowest BCUT2D eigenvalue weighted by atomic mass is 9.92. The van der Waals surface area contributed by atoms with Crippen molar-refractivity contribution in [3.8, 4) is 17.2 Å². The van der Waals surface area contributed by atoms with Crippen LogP contribution in [-0.2, 0) is 5.54 Å². The molecule has 0 aliphatic heterocycles. The highest BCUT2D eigenvalue weighted by Gasteiger charge is 2.37. The van der Waals surface area contributed by atoms with Crippen molar-refractivity contribution in [2.75, 3.05) is 27.1 Å². The molecule has 1 unspecified atom stereocenters. The Bertz CT molecular complexity index is 700. The Morgan fingerprint density at radius 2 is 1.84 bits per heavy atom. The third-order valence-corrected chi connectivity index (χ3v) is 6.24. The molecule has 134 valence electrons. The Morgan fingerprint density at radius 1 is 1.16 bits per heavy atom. The molecule has 0 bridgehead atoms. The summed E-state index contributed by atoms with van der Waals surface area (Å²) in [5.74, 6) is 2.73. The summed E-state index contributed by atoms with van der Waals surface area (Å²) in [6.45, 7) is 9.80. The summed E-state index contributed by atoms with van der Waals surface area (Å²) in [4.78, 5) is 6.17. The fourth-order valence-corrected chi connectivity index (χ4v) is 4.71. The van der Waals surface area contributed by atoms with Crippen molar-refractivity contribution in [2.24, 2.45) is 0 Å². The minimum Gasteiger partial charge on any atom is -0.493 e. The van der Waals surface area contributed by atoms with E-state index in [1.165, 1.54) is 0 Å². The Balaban J connectivity index is 2.14. The third-order valence-electron chi connectivity index (χ3n) is 4.20. The highest BCUT2D eigenvalue weighted by atomic mass is 32.2. The topological polar surface area (TPSA) is 32.0 Å². The van der Waals surface area contributed by atoms with Crippen molar-refractivity contribution in [3.05, 3.63) is 45.9 Å². The van der Waals surface area contributed by atoms with Crippen LogP contribution in [-0.4, -0.2) is 27.1 Å². The van der Waals surface area contributed by atoms with Gasteiger partial charge in [-0.2, -0.15) is 0 Å². The van der Waals surface area contributed by atoms with Crippen LogP contribution in [0.3, 0.4) is 0 Å². The zero-order valence-corrected chi connectivity index (χ0v) is 16.6. The van der Waals surface area contributed by atoms with Crippen molar-refractivity contribution in [1.82, 2.24) is 0 Å². The van der Waals surface area contributed by atoms with E-state index in [0.29, 0.717) is 17.2 Å². The Kier molecular flexibility index (Phi) is 7.03. The van der Waals surface area contributed by atoms with Crippen LogP contribution in [0.4, 0.5) is 0 Å². The SMILES string of the molecule is [C-]#[N+]C(CC)(CCSc1cc(OC)c(OC)c(OC)c1)c1cccs1. The fourth-order valence-electron chi connectivity index (χ4n) is 2.69. The van der Waals surface area contributed by atoms with E-state index in [1.54, 1.807) is 44.4 Å². The Labute approximate surface area is 157 Å². The molecule has 2 rings (SSSR count). The predicted octanol–water partition coefficient (Wildman–Crippen LogP) is 5.48. The van der Waals surface area contributed by atoms with Crippen molar-refractivity contribution in [2.45, 2.75) is 30.2 Å². The van der Waals surface area contributed by atoms with Gasteiger partial charge in [-0.25, -0.2) is 6.57 Å². The summed E-state index contributed by atoms with van der Waals surface area (Å²) in [6, 6.07) is 7.98. The summed E-state index contributed by atoms with van der Waals surface area (Å²) in [5, 5.41) is 2.04. The molecule has 1 heterocycles. The van der Waals surface area contributed by atoms with Gasteiger partial charge < -0.3 is 19.1 Å². The van der Waals surface area contributed by atoms with E-state index >= 15 is 0 Å². The molecule has 2 aromatic rings.